The Morgan fingerprint density at radius 3 is 2.55 bits per heavy atom. The van der Waals surface area contributed by atoms with Gasteiger partial charge in [-0.05, 0) is 36.2 Å². The van der Waals surface area contributed by atoms with Gasteiger partial charge in [-0.15, -0.1) is 0 Å². The molecule has 1 N–H and O–H groups in total. The maximum absolute atomic E-state index is 12.5. The van der Waals surface area contributed by atoms with Crippen molar-refractivity contribution >= 4 is 29.1 Å². The number of hydrogen-bond acceptors (Lipinski definition) is 4. The van der Waals surface area contributed by atoms with E-state index < -0.39 is 0 Å². The lowest BCUT2D eigenvalue weighted by Crippen LogP contribution is -2.40. The maximum atomic E-state index is 12.5. The third-order valence-electron chi connectivity index (χ3n) is 5.14. The first kappa shape index (κ1) is 19.0. The molecule has 2 heterocycles. The molecule has 1 fully saturated rings. The first-order valence-electron chi connectivity index (χ1n) is 9.80. The number of anilines is 2. The van der Waals surface area contributed by atoms with Gasteiger partial charge in [-0.1, -0.05) is 24.3 Å². The molecular formula is C22H23N3O4. The van der Waals surface area contributed by atoms with Crippen molar-refractivity contribution in [3.63, 3.8) is 0 Å². The third kappa shape index (κ3) is 4.23. The Kier molecular flexibility index (Phi) is 5.46. The normalized spacial score (nSPS) is 16.3. The van der Waals surface area contributed by atoms with Crippen LogP contribution in [-0.2, 0) is 20.9 Å². The molecule has 0 radical (unpaired) electrons. The van der Waals surface area contributed by atoms with Crippen LogP contribution in [0.15, 0.2) is 48.5 Å². The SMILES string of the molecule is O=C(CN1C(=O)CCOc2ccccc21)NCc1ccc(N2CCCC2=O)cc1. The number of fused-ring (bicyclic) bond motifs is 1. The monoisotopic (exact) mass is 393 g/mol. The van der Waals surface area contributed by atoms with Gasteiger partial charge < -0.3 is 15.0 Å². The summed E-state index contributed by atoms with van der Waals surface area (Å²) in [6.45, 7) is 1.36. The second-order valence-corrected chi connectivity index (χ2v) is 7.14. The van der Waals surface area contributed by atoms with Crippen molar-refractivity contribution in [2.75, 3.05) is 29.5 Å². The van der Waals surface area contributed by atoms with E-state index in [1.54, 1.807) is 17.0 Å². The standard InChI is InChI=1S/C22H23N3O4/c26-20(15-25-18-4-1-2-5-19(18)29-13-11-22(25)28)23-14-16-7-9-17(10-8-16)24-12-3-6-21(24)27/h1-2,4-5,7-10H,3,6,11-15H2,(H,23,26). The zero-order valence-corrected chi connectivity index (χ0v) is 16.1. The van der Waals surface area contributed by atoms with Crippen LogP contribution in [0.5, 0.6) is 5.75 Å². The van der Waals surface area contributed by atoms with E-state index in [-0.39, 0.29) is 30.7 Å². The highest BCUT2D eigenvalue weighted by Gasteiger charge is 2.25. The zero-order valence-electron chi connectivity index (χ0n) is 16.1. The van der Waals surface area contributed by atoms with Crippen LogP contribution in [0.1, 0.15) is 24.8 Å². The molecule has 1 saturated heterocycles. The Labute approximate surface area is 169 Å². The molecule has 0 unspecified atom stereocenters. The predicted molar refractivity (Wildman–Crippen MR) is 109 cm³/mol. The molecule has 2 aliphatic heterocycles. The van der Waals surface area contributed by atoms with Crippen LogP contribution >= 0.6 is 0 Å². The molecule has 150 valence electrons. The predicted octanol–water partition coefficient (Wildman–Crippen LogP) is 2.25. The molecule has 2 aliphatic rings. The van der Waals surface area contributed by atoms with Gasteiger partial charge in [0.15, 0.2) is 0 Å². The van der Waals surface area contributed by atoms with E-state index in [0.717, 1.165) is 24.2 Å². The fourth-order valence-corrected chi connectivity index (χ4v) is 3.61. The van der Waals surface area contributed by atoms with Gasteiger partial charge >= 0.3 is 0 Å². The van der Waals surface area contributed by atoms with Crippen LogP contribution in [0, 0.1) is 0 Å². The number of para-hydroxylation sites is 2. The Morgan fingerprint density at radius 2 is 1.79 bits per heavy atom. The number of hydrogen-bond donors (Lipinski definition) is 1. The molecule has 0 aliphatic carbocycles. The van der Waals surface area contributed by atoms with Crippen LogP contribution < -0.4 is 19.9 Å². The number of nitrogens with zero attached hydrogens (tertiary/aromatic N) is 2. The van der Waals surface area contributed by atoms with Gasteiger partial charge in [0.05, 0.1) is 18.7 Å². The largest absolute Gasteiger partial charge is 0.491 e. The van der Waals surface area contributed by atoms with E-state index in [1.165, 1.54) is 4.90 Å². The van der Waals surface area contributed by atoms with Gasteiger partial charge in [-0.3, -0.25) is 19.3 Å². The number of ether oxygens (including phenoxy) is 1. The smallest absolute Gasteiger partial charge is 0.240 e. The van der Waals surface area contributed by atoms with E-state index in [9.17, 15) is 14.4 Å². The summed E-state index contributed by atoms with van der Waals surface area (Å²) in [5, 5.41) is 2.86. The molecule has 0 bridgehead atoms. The quantitative estimate of drug-likeness (QED) is 0.845. The number of nitrogens with one attached hydrogen (secondary N) is 1. The maximum Gasteiger partial charge on any atom is 0.240 e. The number of rotatable bonds is 5. The number of carbonyl (C=O) groups excluding carboxylic acids is 3. The molecule has 0 aromatic heterocycles. The minimum atomic E-state index is -0.242. The Hall–Kier alpha value is -3.35. The highest BCUT2D eigenvalue weighted by atomic mass is 16.5. The Bertz CT molecular complexity index is 926. The number of carbonyl (C=O) groups is 3. The molecule has 2 aromatic carbocycles. The van der Waals surface area contributed by atoms with Crippen molar-refractivity contribution in [3.05, 3.63) is 54.1 Å². The van der Waals surface area contributed by atoms with Crippen LogP contribution in [0.3, 0.4) is 0 Å². The lowest BCUT2D eigenvalue weighted by atomic mass is 10.2. The van der Waals surface area contributed by atoms with E-state index in [2.05, 4.69) is 5.32 Å². The van der Waals surface area contributed by atoms with Crippen LogP contribution in [0.4, 0.5) is 11.4 Å². The van der Waals surface area contributed by atoms with Gasteiger partial charge in [-0.25, -0.2) is 0 Å². The minimum absolute atomic E-state index is 0.0560. The number of amides is 3. The van der Waals surface area contributed by atoms with Gasteiger partial charge in [0.1, 0.15) is 12.3 Å². The molecule has 0 spiro atoms. The van der Waals surface area contributed by atoms with E-state index in [0.29, 0.717) is 31.0 Å². The topological polar surface area (TPSA) is 79.0 Å². The fourth-order valence-electron chi connectivity index (χ4n) is 3.61. The zero-order chi connectivity index (χ0) is 20.2. The molecule has 3 amide bonds. The average molecular weight is 393 g/mol. The van der Waals surface area contributed by atoms with Crippen LogP contribution in [0.25, 0.3) is 0 Å². The molecule has 7 nitrogen and oxygen atoms in total. The van der Waals surface area contributed by atoms with Crippen molar-refractivity contribution in [2.24, 2.45) is 0 Å². The van der Waals surface area contributed by atoms with Crippen molar-refractivity contribution in [1.29, 1.82) is 0 Å². The lowest BCUT2D eigenvalue weighted by Gasteiger charge is -2.21. The first-order chi connectivity index (χ1) is 14.1. The van der Waals surface area contributed by atoms with Crippen molar-refractivity contribution < 1.29 is 19.1 Å². The highest BCUT2D eigenvalue weighted by Crippen LogP contribution is 2.30. The molecule has 7 heteroatoms. The molecule has 29 heavy (non-hydrogen) atoms. The third-order valence-corrected chi connectivity index (χ3v) is 5.14. The fraction of sp³-hybridized carbons (Fsp3) is 0.318. The Balaban J connectivity index is 1.36. The van der Waals surface area contributed by atoms with Crippen LogP contribution in [0.2, 0.25) is 0 Å². The Morgan fingerprint density at radius 1 is 1.00 bits per heavy atom. The number of benzene rings is 2. The van der Waals surface area contributed by atoms with Gasteiger partial charge in [0, 0.05) is 25.2 Å². The van der Waals surface area contributed by atoms with Gasteiger partial charge in [0.25, 0.3) is 0 Å². The molecule has 2 aromatic rings. The summed E-state index contributed by atoms with van der Waals surface area (Å²) < 4.78 is 5.60. The highest BCUT2D eigenvalue weighted by molar-refractivity contribution is 6.00. The molecular weight excluding hydrogens is 370 g/mol. The van der Waals surface area contributed by atoms with Crippen LogP contribution in [-0.4, -0.2) is 37.4 Å². The van der Waals surface area contributed by atoms with E-state index in [1.807, 2.05) is 36.4 Å². The van der Waals surface area contributed by atoms with Gasteiger partial charge in [0.2, 0.25) is 17.7 Å². The van der Waals surface area contributed by atoms with E-state index >= 15 is 0 Å². The molecule has 4 rings (SSSR count). The summed E-state index contributed by atoms with van der Waals surface area (Å²) in [6.07, 6.45) is 1.72. The average Bonchev–Trinajstić information content (AvgIpc) is 3.10. The van der Waals surface area contributed by atoms with E-state index in [4.69, 9.17) is 4.74 Å². The summed E-state index contributed by atoms with van der Waals surface area (Å²) in [5.41, 5.74) is 2.43. The van der Waals surface area contributed by atoms with Crippen molar-refractivity contribution in [1.82, 2.24) is 5.32 Å². The van der Waals surface area contributed by atoms with Crippen molar-refractivity contribution in [2.45, 2.75) is 25.8 Å². The summed E-state index contributed by atoms with van der Waals surface area (Å²) in [4.78, 5) is 40.0. The summed E-state index contributed by atoms with van der Waals surface area (Å²) in [5.74, 6) is 0.384. The van der Waals surface area contributed by atoms with Gasteiger partial charge in [-0.2, -0.15) is 0 Å². The lowest BCUT2D eigenvalue weighted by molar-refractivity contribution is -0.124. The summed E-state index contributed by atoms with van der Waals surface area (Å²) >= 11 is 0. The molecule has 0 atom stereocenters. The van der Waals surface area contributed by atoms with Crippen molar-refractivity contribution in [3.8, 4) is 5.75 Å². The molecule has 0 saturated carbocycles. The first-order valence-corrected chi connectivity index (χ1v) is 9.80. The second-order valence-electron chi connectivity index (χ2n) is 7.14. The minimum Gasteiger partial charge on any atom is -0.491 e. The second kappa shape index (κ2) is 8.34. The summed E-state index contributed by atoms with van der Waals surface area (Å²) in [7, 11) is 0. The summed E-state index contributed by atoms with van der Waals surface area (Å²) in [6, 6.07) is 14.8.